The Labute approximate surface area is 198 Å². The van der Waals surface area contributed by atoms with Gasteiger partial charge in [-0.05, 0) is 61.4 Å². The van der Waals surface area contributed by atoms with Crippen LogP contribution in [-0.2, 0) is 16.1 Å². The lowest BCUT2D eigenvalue weighted by Gasteiger charge is -2.32. The Morgan fingerprint density at radius 2 is 1.62 bits per heavy atom. The zero-order valence-electron chi connectivity index (χ0n) is 19.0. The minimum Gasteiger partial charge on any atom is -0.478 e. The van der Waals surface area contributed by atoms with E-state index in [1.165, 1.54) is 18.4 Å². The molecule has 0 saturated carbocycles. The normalized spacial score (nSPS) is 14.6. The van der Waals surface area contributed by atoms with Crippen molar-refractivity contribution >= 4 is 28.6 Å². The number of Topliss-reactive ketones (excluding diaryl/α,β-unsaturated/α-hetero) is 1. The number of carbonyl (C=O) groups is 3. The molecule has 1 aliphatic rings. The van der Waals surface area contributed by atoms with Gasteiger partial charge in [-0.3, -0.25) is 9.69 Å². The lowest BCUT2D eigenvalue weighted by atomic mass is 9.90. The molecule has 0 bridgehead atoms. The molecule has 1 aliphatic heterocycles. The average molecular weight is 463 g/mol. The number of rotatable bonds is 8. The number of aromatic amines is 1. The maximum atomic E-state index is 12.5. The van der Waals surface area contributed by atoms with Crippen molar-refractivity contribution in [3.05, 3.63) is 84.1 Å². The summed E-state index contributed by atoms with van der Waals surface area (Å²) in [5.41, 5.74) is 3.27. The molecule has 34 heavy (non-hydrogen) atoms. The molecule has 3 N–H and O–H groups in total. The number of aromatic nitrogens is 1. The number of carboxylic acid groups (broad SMARTS) is 2. The molecule has 1 aromatic heterocycles. The first-order chi connectivity index (χ1) is 16.4. The molecule has 178 valence electrons. The fourth-order valence-electron chi connectivity index (χ4n) is 4.12. The highest BCUT2D eigenvalue weighted by molar-refractivity contribution is 5.99. The lowest BCUT2D eigenvalue weighted by molar-refractivity contribution is -0.134. The molecule has 1 saturated heterocycles. The average Bonchev–Trinajstić information content (AvgIpc) is 3.31. The predicted molar refractivity (Wildman–Crippen MR) is 131 cm³/mol. The van der Waals surface area contributed by atoms with Gasteiger partial charge < -0.3 is 15.2 Å². The molecule has 0 aliphatic carbocycles. The molecule has 0 radical (unpaired) electrons. The summed E-state index contributed by atoms with van der Waals surface area (Å²) in [6.07, 6.45) is 7.12. The number of aliphatic carboxylic acids is 2. The molecule has 7 nitrogen and oxygen atoms in total. The summed E-state index contributed by atoms with van der Waals surface area (Å²) in [5.74, 6) is -1.56. The topological polar surface area (TPSA) is 111 Å². The lowest BCUT2D eigenvalue weighted by Crippen LogP contribution is -2.33. The molecule has 0 unspecified atom stereocenters. The van der Waals surface area contributed by atoms with Gasteiger partial charge in [-0.15, -0.1) is 0 Å². The number of benzene rings is 2. The van der Waals surface area contributed by atoms with Crippen molar-refractivity contribution in [1.29, 1.82) is 0 Å². The quantitative estimate of drug-likeness (QED) is 0.329. The van der Waals surface area contributed by atoms with Crippen molar-refractivity contribution < 1.29 is 24.6 Å². The molecule has 2 heterocycles. The van der Waals surface area contributed by atoms with Crippen LogP contribution in [0, 0.1) is 5.92 Å². The Morgan fingerprint density at radius 1 is 0.941 bits per heavy atom. The van der Waals surface area contributed by atoms with Crippen molar-refractivity contribution in [3.63, 3.8) is 0 Å². The second kappa shape index (κ2) is 12.5. The summed E-state index contributed by atoms with van der Waals surface area (Å²) >= 11 is 0. The van der Waals surface area contributed by atoms with Gasteiger partial charge in [0.1, 0.15) is 0 Å². The molecule has 0 atom stereocenters. The highest BCUT2D eigenvalue weighted by Crippen LogP contribution is 2.24. The van der Waals surface area contributed by atoms with Crippen LogP contribution in [0.15, 0.2) is 72.9 Å². The Balaban J connectivity index is 0.000000350. The summed E-state index contributed by atoms with van der Waals surface area (Å²) in [4.78, 5) is 37.4. The number of piperidine rings is 1. The standard InChI is InChI=1S/C23H26N2O.C4H4O4/c26-23(21-8-7-20-10-13-24-22(20)16-21)9-6-18-11-14-25(15-12-18)17-19-4-2-1-3-5-19;5-3(6)1-2-4(7)8/h1-5,7-8,10,13,16,18,24H,6,9,11-12,14-15,17H2;1-2H,(H,5,6)(H,7,8)/b;2-1+. The van der Waals surface area contributed by atoms with Gasteiger partial charge in [-0.25, -0.2) is 9.59 Å². The van der Waals surface area contributed by atoms with E-state index in [0.29, 0.717) is 24.5 Å². The molecule has 7 heteroatoms. The molecule has 1 fully saturated rings. The second-order valence-corrected chi connectivity index (χ2v) is 8.46. The van der Waals surface area contributed by atoms with Crippen molar-refractivity contribution in [2.75, 3.05) is 13.1 Å². The van der Waals surface area contributed by atoms with Gasteiger partial charge in [0.05, 0.1) is 0 Å². The van der Waals surface area contributed by atoms with E-state index >= 15 is 0 Å². The van der Waals surface area contributed by atoms with Gasteiger partial charge in [0.15, 0.2) is 5.78 Å². The van der Waals surface area contributed by atoms with Crippen LogP contribution in [-0.4, -0.2) is 50.9 Å². The SMILES string of the molecule is O=C(CCC1CCN(Cc2ccccc2)CC1)c1ccc2cc[nH]c2c1.O=C(O)/C=C/C(=O)O. The van der Waals surface area contributed by atoms with Gasteiger partial charge >= 0.3 is 11.9 Å². The van der Waals surface area contributed by atoms with E-state index in [9.17, 15) is 14.4 Å². The van der Waals surface area contributed by atoms with Crippen LogP contribution in [0.1, 0.15) is 41.6 Å². The van der Waals surface area contributed by atoms with Crippen molar-refractivity contribution in [3.8, 4) is 0 Å². The van der Waals surface area contributed by atoms with E-state index in [4.69, 9.17) is 10.2 Å². The third-order valence-electron chi connectivity index (χ3n) is 5.98. The third-order valence-corrected chi connectivity index (χ3v) is 5.98. The van der Waals surface area contributed by atoms with Crippen LogP contribution >= 0.6 is 0 Å². The number of carboxylic acids is 2. The summed E-state index contributed by atoms with van der Waals surface area (Å²) in [6.45, 7) is 3.33. The number of hydrogen-bond donors (Lipinski definition) is 3. The third kappa shape index (κ3) is 8.01. The molecule has 0 amide bonds. The molecular formula is C27H30N2O5. The number of nitrogens with zero attached hydrogens (tertiary/aromatic N) is 1. The maximum absolute atomic E-state index is 12.5. The Morgan fingerprint density at radius 3 is 2.26 bits per heavy atom. The molecule has 3 aromatic rings. The monoisotopic (exact) mass is 462 g/mol. The van der Waals surface area contributed by atoms with E-state index < -0.39 is 11.9 Å². The van der Waals surface area contributed by atoms with Crippen LogP contribution in [0.3, 0.4) is 0 Å². The van der Waals surface area contributed by atoms with E-state index in [-0.39, 0.29) is 5.78 Å². The van der Waals surface area contributed by atoms with E-state index in [0.717, 1.165) is 42.5 Å². The summed E-state index contributed by atoms with van der Waals surface area (Å²) in [6, 6.07) is 18.7. The number of hydrogen-bond acceptors (Lipinski definition) is 4. The fraction of sp³-hybridized carbons (Fsp3) is 0.296. The number of ketones is 1. The van der Waals surface area contributed by atoms with Crippen LogP contribution < -0.4 is 0 Å². The van der Waals surface area contributed by atoms with Crippen molar-refractivity contribution in [2.45, 2.75) is 32.2 Å². The highest BCUT2D eigenvalue weighted by atomic mass is 16.4. The molecule has 0 spiro atoms. The van der Waals surface area contributed by atoms with Crippen molar-refractivity contribution in [2.24, 2.45) is 5.92 Å². The van der Waals surface area contributed by atoms with Gasteiger partial charge in [0.2, 0.25) is 0 Å². The zero-order valence-corrected chi connectivity index (χ0v) is 19.0. The maximum Gasteiger partial charge on any atom is 0.328 e. The number of likely N-dealkylation sites (tertiary alicyclic amines) is 1. The largest absolute Gasteiger partial charge is 0.478 e. The summed E-state index contributed by atoms with van der Waals surface area (Å²) in [7, 11) is 0. The Bertz CT molecular complexity index is 1110. The van der Waals surface area contributed by atoms with Gasteiger partial charge in [0.25, 0.3) is 0 Å². The zero-order chi connectivity index (χ0) is 24.3. The first-order valence-electron chi connectivity index (χ1n) is 11.4. The van der Waals surface area contributed by atoms with Gasteiger partial charge in [-0.2, -0.15) is 0 Å². The number of fused-ring (bicyclic) bond motifs is 1. The minimum atomic E-state index is -1.26. The predicted octanol–water partition coefficient (Wildman–Crippen LogP) is 4.75. The van der Waals surface area contributed by atoms with E-state index in [1.807, 2.05) is 30.5 Å². The van der Waals surface area contributed by atoms with Gasteiger partial charge in [-0.1, -0.05) is 42.5 Å². The number of carbonyl (C=O) groups excluding carboxylic acids is 1. The van der Waals surface area contributed by atoms with Crippen LogP contribution in [0.2, 0.25) is 0 Å². The second-order valence-electron chi connectivity index (χ2n) is 8.46. The van der Waals surface area contributed by atoms with Crippen molar-refractivity contribution in [1.82, 2.24) is 9.88 Å². The van der Waals surface area contributed by atoms with Crippen LogP contribution in [0.4, 0.5) is 0 Å². The minimum absolute atomic E-state index is 0.271. The van der Waals surface area contributed by atoms with Crippen LogP contribution in [0.5, 0.6) is 0 Å². The summed E-state index contributed by atoms with van der Waals surface area (Å²) < 4.78 is 0. The van der Waals surface area contributed by atoms with Gasteiger partial charge in [0, 0.05) is 42.4 Å². The van der Waals surface area contributed by atoms with E-state index in [2.05, 4.69) is 40.2 Å². The van der Waals surface area contributed by atoms with E-state index in [1.54, 1.807) is 0 Å². The molecule has 2 aromatic carbocycles. The first kappa shape index (κ1) is 24.9. The Kier molecular flexibility index (Phi) is 9.17. The molecular weight excluding hydrogens is 432 g/mol. The summed E-state index contributed by atoms with van der Waals surface area (Å²) in [5, 5.41) is 16.8. The smallest absolute Gasteiger partial charge is 0.328 e. The van der Waals surface area contributed by atoms with Crippen LogP contribution in [0.25, 0.3) is 10.9 Å². The highest BCUT2D eigenvalue weighted by Gasteiger charge is 2.20. The Hall–Kier alpha value is -3.71. The fourth-order valence-corrected chi connectivity index (χ4v) is 4.12. The first-order valence-corrected chi connectivity index (χ1v) is 11.4. The number of H-pyrrole nitrogens is 1. The number of nitrogens with one attached hydrogen (secondary N) is 1. The molecule has 4 rings (SSSR count).